The molecule has 3 fully saturated rings. The van der Waals surface area contributed by atoms with Crippen molar-refractivity contribution >= 4 is 0 Å². The van der Waals surface area contributed by atoms with Gasteiger partial charge in [0.2, 0.25) is 0 Å². The lowest BCUT2D eigenvalue weighted by Crippen LogP contribution is -2.39. The van der Waals surface area contributed by atoms with Gasteiger partial charge in [0, 0.05) is 6.04 Å². The molecule has 11 heavy (non-hydrogen) atoms. The summed E-state index contributed by atoms with van der Waals surface area (Å²) in [6.45, 7) is 0. The van der Waals surface area contributed by atoms with Crippen LogP contribution in [0, 0.1) is 23.7 Å². The molecule has 3 bridgehead atoms. The number of fused-ring (bicyclic) bond motifs is 2. The van der Waals surface area contributed by atoms with Crippen molar-refractivity contribution in [1.29, 1.82) is 0 Å². The molecule has 5 atom stereocenters. The zero-order chi connectivity index (χ0) is 7.42. The maximum atomic E-state index is 6.14. The second-order valence-corrected chi connectivity index (χ2v) is 5.00. The van der Waals surface area contributed by atoms with Gasteiger partial charge in [-0.05, 0) is 55.8 Å². The van der Waals surface area contributed by atoms with Gasteiger partial charge in [-0.25, -0.2) is 0 Å². The lowest BCUT2D eigenvalue weighted by atomic mass is 9.70. The Morgan fingerprint density at radius 2 is 1.55 bits per heavy atom. The molecule has 2 unspecified atom stereocenters. The summed E-state index contributed by atoms with van der Waals surface area (Å²) < 4.78 is 0. The maximum absolute atomic E-state index is 6.14. The first-order chi connectivity index (χ1) is 5.33. The Kier molecular flexibility index (Phi) is 1.18. The Morgan fingerprint density at radius 1 is 0.818 bits per heavy atom. The molecule has 0 radical (unpaired) electrons. The van der Waals surface area contributed by atoms with Gasteiger partial charge < -0.3 is 5.73 Å². The second-order valence-electron chi connectivity index (χ2n) is 5.00. The minimum Gasteiger partial charge on any atom is -0.327 e. The first kappa shape index (κ1) is 6.47. The van der Waals surface area contributed by atoms with Crippen LogP contribution in [-0.2, 0) is 0 Å². The van der Waals surface area contributed by atoms with Crippen molar-refractivity contribution in [3.05, 3.63) is 0 Å². The van der Waals surface area contributed by atoms with E-state index >= 15 is 0 Å². The van der Waals surface area contributed by atoms with Crippen LogP contribution in [-0.4, -0.2) is 6.04 Å². The number of hydrogen-bond acceptors (Lipinski definition) is 1. The molecular weight excluding hydrogens is 134 g/mol. The summed E-state index contributed by atoms with van der Waals surface area (Å²) in [5.74, 6) is 4.08. The average molecular weight is 151 g/mol. The Hall–Kier alpha value is -0.0400. The maximum Gasteiger partial charge on any atom is 0.00725 e. The molecule has 0 amide bonds. The van der Waals surface area contributed by atoms with Crippen LogP contribution in [0.1, 0.15) is 32.1 Å². The molecule has 3 saturated carbocycles. The summed E-state index contributed by atoms with van der Waals surface area (Å²) >= 11 is 0. The smallest absolute Gasteiger partial charge is 0.00725 e. The van der Waals surface area contributed by atoms with Gasteiger partial charge in [0.15, 0.2) is 0 Å². The largest absolute Gasteiger partial charge is 0.327 e. The molecule has 62 valence electrons. The summed E-state index contributed by atoms with van der Waals surface area (Å²) in [4.78, 5) is 0. The minimum atomic E-state index is 0.575. The summed E-state index contributed by atoms with van der Waals surface area (Å²) in [6.07, 6.45) is 7.38. The molecule has 3 rings (SSSR count). The van der Waals surface area contributed by atoms with E-state index in [1.54, 1.807) is 0 Å². The van der Waals surface area contributed by atoms with Crippen molar-refractivity contribution < 1.29 is 0 Å². The van der Waals surface area contributed by atoms with Crippen molar-refractivity contribution in [2.45, 2.75) is 38.1 Å². The van der Waals surface area contributed by atoms with Gasteiger partial charge in [-0.15, -0.1) is 0 Å². The molecule has 0 aromatic carbocycles. The minimum absolute atomic E-state index is 0.575. The van der Waals surface area contributed by atoms with E-state index in [0.29, 0.717) is 6.04 Å². The highest BCUT2D eigenvalue weighted by Gasteiger charge is 2.47. The van der Waals surface area contributed by atoms with Crippen LogP contribution < -0.4 is 5.73 Å². The third-order valence-electron chi connectivity index (χ3n) is 4.31. The molecule has 2 N–H and O–H groups in total. The highest BCUT2D eigenvalue weighted by Crippen LogP contribution is 2.54. The van der Waals surface area contributed by atoms with Crippen LogP contribution >= 0.6 is 0 Å². The zero-order valence-corrected chi connectivity index (χ0v) is 7.00. The van der Waals surface area contributed by atoms with Crippen molar-refractivity contribution in [1.82, 2.24) is 0 Å². The lowest BCUT2D eigenvalue weighted by Gasteiger charge is -2.37. The van der Waals surface area contributed by atoms with Crippen LogP contribution in [0.5, 0.6) is 0 Å². The first-order valence-corrected chi connectivity index (χ1v) is 5.08. The molecule has 1 nitrogen and oxygen atoms in total. The molecule has 0 aromatic rings. The SMILES string of the molecule is NC1C[C@@H]2C[C@@H]3CC1[C@H](C2)C3. The van der Waals surface area contributed by atoms with Gasteiger partial charge in [-0.3, -0.25) is 0 Å². The Balaban J connectivity index is 1.94. The quantitative estimate of drug-likeness (QED) is 0.561. The fourth-order valence-corrected chi connectivity index (χ4v) is 4.01. The normalized spacial score (nSPS) is 60.3. The van der Waals surface area contributed by atoms with Gasteiger partial charge >= 0.3 is 0 Å². The molecule has 0 aliphatic heterocycles. The van der Waals surface area contributed by atoms with Crippen LogP contribution in [0.2, 0.25) is 0 Å². The molecule has 0 heterocycles. The van der Waals surface area contributed by atoms with Gasteiger partial charge in [0.1, 0.15) is 0 Å². The van der Waals surface area contributed by atoms with Crippen LogP contribution in [0.3, 0.4) is 0 Å². The van der Waals surface area contributed by atoms with E-state index in [1.807, 2.05) is 0 Å². The van der Waals surface area contributed by atoms with Crippen LogP contribution in [0.15, 0.2) is 0 Å². The second kappa shape index (κ2) is 2.01. The monoisotopic (exact) mass is 151 g/mol. The highest BCUT2D eigenvalue weighted by atomic mass is 14.7. The Morgan fingerprint density at radius 3 is 2.36 bits per heavy atom. The zero-order valence-electron chi connectivity index (χ0n) is 7.00. The Bertz CT molecular complexity index is 173. The van der Waals surface area contributed by atoms with Gasteiger partial charge in [-0.1, -0.05) is 0 Å². The molecule has 0 spiro atoms. The predicted molar refractivity (Wildman–Crippen MR) is 45.0 cm³/mol. The van der Waals surface area contributed by atoms with E-state index in [4.69, 9.17) is 5.73 Å². The topological polar surface area (TPSA) is 26.0 Å². The predicted octanol–water partition coefficient (Wildman–Crippen LogP) is 1.77. The summed E-state index contributed by atoms with van der Waals surface area (Å²) in [5, 5.41) is 0. The van der Waals surface area contributed by atoms with Crippen LogP contribution in [0.4, 0.5) is 0 Å². The molecular formula is C10H17N. The molecule has 3 aliphatic rings. The van der Waals surface area contributed by atoms with E-state index < -0.39 is 0 Å². The van der Waals surface area contributed by atoms with Crippen molar-refractivity contribution in [3.8, 4) is 0 Å². The van der Waals surface area contributed by atoms with Crippen molar-refractivity contribution in [2.75, 3.05) is 0 Å². The lowest BCUT2D eigenvalue weighted by molar-refractivity contribution is 0.156. The van der Waals surface area contributed by atoms with E-state index in [-0.39, 0.29) is 0 Å². The van der Waals surface area contributed by atoms with Crippen molar-refractivity contribution in [3.63, 3.8) is 0 Å². The Labute approximate surface area is 68.3 Å². The third-order valence-corrected chi connectivity index (χ3v) is 4.31. The number of rotatable bonds is 0. The van der Waals surface area contributed by atoms with Gasteiger partial charge in [-0.2, -0.15) is 0 Å². The molecule has 3 aliphatic carbocycles. The van der Waals surface area contributed by atoms with E-state index in [0.717, 1.165) is 23.7 Å². The number of nitrogens with two attached hydrogens (primary N) is 1. The summed E-state index contributed by atoms with van der Waals surface area (Å²) in [5.41, 5.74) is 6.14. The van der Waals surface area contributed by atoms with E-state index in [1.165, 1.54) is 32.1 Å². The van der Waals surface area contributed by atoms with E-state index in [9.17, 15) is 0 Å². The van der Waals surface area contributed by atoms with Gasteiger partial charge in [0.05, 0.1) is 0 Å². The average Bonchev–Trinajstić information content (AvgIpc) is 2.19. The number of hydrogen-bond donors (Lipinski definition) is 1. The molecule has 0 saturated heterocycles. The molecule has 1 heteroatoms. The summed E-state index contributed by atoms with van der Waals surface area (Å²) in [7, 11) is 0. The summed E-state index contributed by atoms with van der Waals surface area (Å²) in [6, 6.07) is 0.575. The standard InChI is InChI=1S/C10H17N/c11-10-5-7-1-6-2-8(3-7)9(10)4-6/h6-10H,1-5,11H2/t6-,7+,8-,9?,10?/m0/s1. The van der Waals surface area contributed by atoms with Crippen LogP contribution in [0.25, 0.3) is 0 Å². The molecule has 0 aromatic heterocycles. The van der Waals surface area contributed by atoms with E-state index in [2.05, 4.69) is 0 Å². The fraction of sp³-hybridized carbons (Fsp3) is 1.00. The first-order valence-electron chi connectivity index (χ1n) is 5.08. The van der Waals surface area contributed by atoms with Gasteiger partial charge in [0.25, 0.3) is 0 Å². The highest BCUT2D eigenvalue weighted by molar-refractivity contribution is 5.00. The third kappa shape index (κ3) is 0.807. The van der Waals surface area contributed by atoms with Crippen molar-refractivity contribution in [2.24, 2.45) is 29.4 Å². The fourth-order valence-electron chi connectivity index (χ4n) is 4.01.